The Morgan fingerprint density at radius 2 is 1.61 bits per heavy atom. The summed E-state index contributed by atoms with van der Waals surface area (Å²) in [5.41, 5.74) is 2.60. The van der Waals surface area contributed by atoms with Gasteiger partial charge in [0.25, 0.3) is 0 Å². The summed E-state index contributed by atoms with van der Waals surface area (Å²) >= 11 is 0. The second-order valence-corrected chi connectivity index (χ2v) is 6.49. The predicted molar refractivity (Wildman–Crippen MR) is 115 cm³/mol. The van der Waals surface area contributed by atoms with Gasteiger partial charge in [-0.1, -0.05) is 43.7 Å². The van der Waals surface area contributed by atoms with Gasteiger partial charge in [0.2, 0.25) is 5.91 Å². The van der Waals surface area contributed by atoms with Crippen LogP contribution < -0.4 is 16.0 Å². The first-order valence-electron chi connectivity index (χ1n) is 9.47. The average Bonchev–Trinajstić information content (AvgIpc) is 2.70. The lowest BCUT2D eigenvalue weighted by Gasteiger charge is -2.12. The molecule has 0 atom stereocenters. The minimum Gasteiger partial charge on any atom is -0.370 e. The van der Waals surface area contributed by atoms with Crippen LogP contribution in [0.1, 0.15) is 26.7 Å². The molecule has 0 spiro atoms. The first-order chi connectivity index (χ1) is 13.6. The van der Waals surface area contributed by atoms with Crippen LogP contribution in [0, 0.1) is 0 Å². The SMILES string of the molecule is CCCCNc1cc(Nc2ccc(NC(C)=O)cc2)nc(-c2ccccc2)n1. The van der Waals surface area contributed by atoms with E-state index >= 15 is 0 Å². The van der Waals surface area contributed by atoms with Crippen LogP contribution in [-0.4, -0.2) is 22.4 Å². The highest BCUT2D eigenvalue weighted by Gasteiger charge is 2.07. The monoisotopic (exact) mass is 375 g/mol. The third-order valence-electron chi connectivity index (χ3n) is 4.07. The second-order valence-electron chi connectivity index (χ2n) is 6.49. The molecule has 0 radical (unpaired) electrons. The number of anilines is 4. The highest BCUT2D eigenvalue weighted by molar-refractivity contribution is 5.88. The van der Waals surface area contributed by atoms with Crippen molar-refractivity contribution in [2.75, 3.05) is 22.5 Å². The second kappa shape index (κ2) is 9.50. The highest BCUT2D eigenvalue weighted by atomic mass is 16.1. The molecular formula is C22H25N5O. The van der Waals surface area contributed by atoms with Crippen molar-refractivity contribution in [2.24, 2.45) is 0 Å². The maximum Gasteiger partial charge on any atom is 0.221 e. The number of amides is 1. The summed E-state index contributed by atoms with van der Waals surface area (Å²) < 4.78 is 0. The Morgan fingerprint density at radius 3 is 2.29 bits per heavy atom. The minimum absolute atomic E-state index is 0.0909. The summed E-state index contributed by atoms with van der Waals surface area (Å²) in [7, 11) is 0. The zero-order valence-corrected chi connectivity index (χ0v) is 16.2. The summed E-state index contributed by atoms with van der Waals surface area (Å²) in [6, 6.07) is 19.3. The van der Waals surface area contributed by atoms with Gasteiger partial charge in [-0.15, -0.1) is 0 Å². The molecule has 0 fully saturated rings. The lowest BCUT2D eigenvalue weighted by Crippen LogP contribution is -2.07. The van der Waals surface area contributed by atoms with Crippen LogP contribution in [0.5, 0.6) is 0 Å². The van der Waals surface area contributed by atoms with Crippen molar-refractivity contribution >= 4 is 28.9 Å². The van der Waals surface area contributed by atoms with Crippen LogP contribution >= 0.6 is 0 Å². The van der Waals surface area contributed by atoms with Gasteiger partial charge in [0.15, 0.2) is 5.82 Å². The van der Waals surface area contributed by atoms with Gasteiger partial charge >= 0.3 is 0 Å². The van der Waals surface area contributed by atoms with E-state index in [0.717, 1.165) is 42.1 Å². The Balaban J connectivity index is 1.84. The van der Waals surface area contributed by atoms with E-state index in [1.54, 1.807) is 0 Å². The molecule has 0 aliphatic carbocycles. The van der Waals surface area contributed by atoms with E-state index in [1.165, 1.54) is 6.92 Å². The van der Waals surface area contributed by atoms with Crippen molar-refractivity contribution in [1.29, 1.82) is 0 Å². The molecule has 3 rings (SSSR count). The molecular weight excluding hydrogens is 350 g/mol. The van der Waals surface area contributed by atoms with Gasteiger partial charge in [-0.2, -0.15) is 0 Å². The maximum absolute atomic E-state index is 11.2. The number of carbonyl (C=O) groups is 1. The number of unbranched alkanes of at least 4 members (excludes halogenated alkanes) is 1. The Kier molecular flexibility index (Phi) is 6.57. The number of nitrogens with one attached hydrogen (secondary N) is 3. The van der Waals surface area contributed by atoms with Gasteiger partial charge in [-0.3, -0.25) is 4.79 Å². The smallest absolute Gasteiger partial charge is 0.221 e. The summed E-state index contributed by atoms with van der Waals surface area (Å²) in [4.78, 5) is 20.5. The van der Waals surface area contributed by atoms with Crippen LogP contribution in [0.15, 0.2) is 60.7 Å². The van der Waals surface area contributed by atoms with Gasteiger partial charge in [0, 0.05) is 36.5 Å². The first-order valence-corrected chi connectivity index (χ1v) is 9.47. The van der Waals surface area contributed by atoms with E-state index in [1.807, 2.05) is 60.7 Å². The van der Waals surface area contributed by atoms with E-state index < -0.39 is 0 Å². The topological polar surface area (TPSA) is 78.9 Å². The van der Waals surface area contributed by atoms with Gasteiger partial charge in [-0.05, 0) is 30.7 Å². The Hall–Kier alpha value is -3.41. The van der Waals surface area contributed by atoms with E-state index in [-0.39, 0.29) is 5.91 Å². The fraction of sp³-hybridized carbons (Fsp3) is 0.227. The molecule has 6 nitrogen and oxygen atoms in total. The normalized spacial score (nSPS) is 10.4. The van der Waals surface area contributed by atoms with Gasteiger partial charge < -0.3 is 16.0 Å². The van der Waals surface area contributed by atoms with Crippen molar-refractivity contribution in [3.8, 4) is 11.4 Å². The van der Waals surface area contributed by atoms with E-state index in [2.05, 4.69) is 32.8 Å². The fourth-order valence-corrected chi connectivity index (χ4v) is 2.70. The van der Waals surface area contributed by atoms with Gasteiger partial charge in [0.1, 0.15) is 11.6 Å². The maximum atomic E-state index is 11.2. The number of carbonyl (C=O) groups excluding carboxylic acids is 1. The molecule has 0 aliphatic heterocycles. The Morgan fingerprint density at radius 1 is 0.929 bits per heavy atom. The zero-order valence-electron chi connectivity index (χ0n) is 16.2. The molecule has 1 heterocycles. The first kappa shape index (κ1) is 19.4. The number of aromatic nitrogens is 2. The molecule has 6 heteroatoms. The lowest BCUT2D eigenvalue weighted by molar-refractivity contribution is -0.114. The standard InChI is InChI=1S/C22H25N5O/c1-3-4-14-23-20-15-21(27-22(26-20)17-8-6-5-7-9-17)25-19-12-10-18(11-13-19)24-16(2)28/h5-13,15H,3-4,14H2,1-2H3,(H,24,28)(H2,23,25,26,27). The van der Waals surface area contributed by atoms with Crippen LogP contribution in [0.4, 0.5) is 23.0 Å². The molecule has 2 aromatic carbocycles. The number of hydrogen-bond donors (Lipinski definition) is 3. The van der Waals surface area contributed by atoms with E-state index in [9.17, 15) is 4.79 Å². The van der Waals surface area contributed by atoms with Crippen LogP contribution in [0.2, 0.25) is 0 Å². The van der Waals surface area contributed by atoms with Crippen LogP contribution in [0.25, 0.3) is 11.4 Å². The summed E-state index contributed by atoms with van der Waals surface area (Å²) in [5, 5.41) is 9.46. The predicted octanol–water partition coefficient (Wildman–Crippen LogP) is 5.06. The molecule has 3 N–H and O–H groups in total. The highest BCUT2D eigenvalue weighted by Crippen LogP contribution is 2.23. The molecule has 1 amide bonds. The van der Waals surface area contributed by atoms with Crippen LogP contribution in [0.3, 0.4) is 0 Å². The number of rotatable bonds is 8. The van der Waals surface area contributed by atoms with E-state index in [4.69, 9.17) is 0 Å². The molecule has 1 aromatic heterocycles. The molecule has 0 saturated heterocycles. The van der Waals surface area contributed by atoms with Crippen LogP contribution in [-0.2, 0) is 4.79 Å². The number of benzene rings is 2. The molecule has 3 aromatic rings. The number of nitrogens with zero attached hydrogens (tertiary/aromatic N) is 2. The number of hydrogen-bond acceptors (Lipinski definition) is 5. The third kappa shape index (κ3) is 5.54. The fourth-order valence-electron chi connectivity index (χ4n) is 2.70. The minimum atomic E-state index is -0.0909. The summed E-state index contributed by atoms with van der Waals surface area (Å²) in [5.74, 6) is 2.08. The quantitative estimate of drug-likeness (QED) is 0.480. The summed E-state index contributed by atoms with van der Waals surface area (Å²) in [6.45, 7) is 4.52. The van der Waals surface area contributed by atoms with Crippen molar-refractivity contribution in [1.82, 2.24) is 9.97 Å². The Bertz CT molecular complexity index is 910. The molecule has 28 heavy (non-hydrogen) atoms. The van der Waals surface area contributed by atoms with Crippen molar-refractivity contribution in [2.45, 2.75) is 26.7 Å². The summed E-state index contributed by atoms with van der Waals surface area (Å²) in [6.07, 6.45) is 2.20. The molecule has 0 saturated carbocycles. The van der Waals surface area contributed by atoms with Crippen molar-refractivity contribution in [3.05, 3.63) is 60.7 Å². The van der Waals surface area contributed by atoms with Crippen molar-refractivity contribution < 1.29 is 4.79 Å². The molecule has 0 bridgehead atoms. The van der Waals surface area contributed by atoms with Gasteiger partial charge in [-0.25, -0.2) is 9.97 Å². The van der Waals surface area contributed by atoms with E-state index in [0.29, 0.717) is 11.6 Å². The third-order valence-corrected chi connectivity index (χ3v) is 4.07. The average molecular weight is 375 g/mol. The molecule has 0 unspecified atom stereocenters. The largest absolute Gasteiger partial charge is 0.370 e. The Labute approximate surface area is 165 Å². The molecule has 144 valence electrons. The van der Waals surface area contributed by atoms with Gasteiger partial charge in [0.05, 0.1) is 0 Å². The van der Waals surface area contributed by atoms with Crippen molar-refractivity contribution in [3.63, 3.8) is 0 Å². The lowest BCUT2D eigenvalue weighted by atomic mass is 10.2. The zero-order chi connectivity index (χ0) is 19.8. The molecule has 0 aliphatic rings.